The number of benzene rings is 1. The number of rotatable bonds is 6. The van der Waals surface area contributed by atoms with Crippen molar-refractivity contribution in [3.05, 3.63) is 29.8 Å². The molecular formula is C13H20N2O2S. The van der Waals surface area contributed by atoms with Crippen LogP contribution >= 0.6 is 0 Å². The summed E-state index contributed by atoms with van der Waals surface area (Å²) in [5, 5.41) is 3.18. The van der Waals surface area contributed by atoms with Crippen LogP contribution in [0.1, 0.15) is 5.56 Å². The summed E-state index contributed by atoms with van der Waals surface area (Å²) in [4.78, 5) is 2.35. The second kappa shape index (κ2) is 5.71. The van der Waals surface area contributed by atoms with Gasteiger partial charge in [-0.1, -0.05) is 18.2 Å². The maximum absolute atomic E-state index is 11.0. The molecule has 0 atom stereocenters. The lowest BCUT2D eigenvalue weighted by Gasteiger charge is -2.19. The predicted octanol–water partition coefficient (Wildman–Crippen LogP) is 0.683. The zero-order chi connectivity index (χ0) is 13.0. The van der Waals surface area contributed by atoms with Gasteiger partial charge in [-0.2, -0.15) is 0 Å². The molecule has 4 nitrogen and oxygen atoms in total. The summed E-state index contributed by atoms with van der Waals surface area (Å²) >= 11 is 0. The zero-order valence-electron chi connectivity index (χ0n) is 10.7. The molecule has 1 heterocycles. The standard InChI is InChI=1S/C13H20N2O2S/c1-18(16,17)11-8-14-7-10-15-9-6-12-4-2-3-5-13(12)15/h2-5,14H,6-11H2,1H3. The van der Waals surface area contributed by atoms with E-state index in [4.69, 9.17) is 0 Å². The van der Waals surface area contributed by atoms with Gasteiger partial charge >= 0.3 is 0 Å². The molecule has 0 bridgehead atoms. The lowest BCUT2D eigenvalue weighted by molar-refractivity contribution is 0.596. The molecule has 0 unspecified atom stereocenters. The molecule has 0 radical (unpaired) electrons. The van der Waals surface area contributed by atoms with E-state index in [1.807, 2.05) is 0 Å². The van der Waals surface area contributed by atoms with E-state index in [-0.39, 0.29) is 5.75 Å². The average Bonchev–Trinajstić information content (AvgIpc) is 2.71. The van der Waals surface area contributed by atoms with Crippen LogP contribution in [-0.2, 0) is 16.3 Å². The van der Waals surface area contributed by atoms with Gasteiger partial charge in [0, 0.05) is 38.1 Å². The molecule has 1 aromatic carbocycles. The first-order valence-corrected chi connectivity index (χ1v) is 8.33. The van der Waals surface area contributed by atoms with E-state index in [1.54, 1.807) is 0 Å². The van der Waals surface area contributed by atoms with E-state index in [1.165, 1.54) is 17.5 Å². The Bertz CT molecular complexity index is 499. The number of nitrogens with zero attached hydrogens (tertiary/aromatic N) is 1. The second-order valence-electron chi connectivity index (χ2n) is 4.75. The fraction of sp³-hybridized carbons (Fsp3) is 0.538. The third kappa shape index (κ3) is 3.71. The topological polar surface area (TPSA) is 49.4 Å². The molecule has 0 fully saturated rings. The highest BCUT2D eigenvalue weighted by molar-refractivity contribution is 7.90. The Labute approximate surface area is 109 Å². The van der Waals surface area contributed by atoms with Crippen LogP contribution in [0.3, 0.4) is 0 Å². The van der Waals surface area contributed by atoms with Crippen LogP contribution in [0.4, 0.5) is 5.69 Å². The first kappa shape index (κ1) is 13.4. The van der Waals surface area contributed by atoms with E-state index in [0.29, 0.717) is 6.54 Å². The van der Waals surface area contributed by atoms with E-state index >= 15 is 0 Å². The molecule has 0 spiro atoms. The minimum atomic E-state index is -2.85. The van der Waals surface area contributed by atoms with Crippen molar-refractivity contribution in [2.45, 2.75) is 6.42 Å². The van der Waals surface area contributed by atoms with E-state index in [9.17, 15) is 8.42 Å². The number of fused-ring (bicyclic) bond motifs is 1. The molecule has 1 aromatic rings. The second-order valence-corrected chi connectivity index (χ2v) is 7.01. The van der Waals surface area contributed by atoms with Crippen molar-refractivity contribution < 1.29 is 8.42 Å². The Morgan fingerprint density at radius 3 is 2.83 bits per heavy atom. The van der Waals surface area contributed by atoms with Crippen LogP contribution in [0.15, 0.2) is 24.3 Å². The maximum Gasteiger partial charge on any atom is 0.148 e. The number of anilines is 1. The van der Waals surface area contributed by atoms with Gasteiger partial charge in [-0.3, -0.25) is 0 Å². The summed E-state index contributed by atoms with van der Waals surface area (Å²) in [5.41, 5.74) is 2.73. The lowest BCUT2D eigenvalue weighted by atomic mass is 10.2. The van der Waals surface area contributed by atoms with Crippen molar-refractivity contribution in [1.82, 2.24) is 5.32 Å². The third-order valence-corrected chi connectivity index (χ3v) is 4.14. The van der Waals surface area contributed by atoms with Crippen molar-refractivity contribution in [3.63, 3.8) is 0 Å². The molecule has 0 amide bonds. The lowest BCUT2D eigenvalue weighted by Crippen LogP contribution is -2.33. The Morgan fingerprint density at radius 2 is 2.06 bits per heavy atom. The largest absolute Gasteiger partial charge is 0.370 e. The van der Waals surface area contributed by atoms with Gasteiger partial charge in [0.2, 0.25) is 0 Å². The summed E-state index contributed by atoms with van der Waals surface area (Å²) < 4.78 is 21.9. The number of para-hydroxylation sites is 1. The number of hydrogen-bond donors (Lipinski definition) is 1. The Morgan fingerprint density at radius 1 is 1.28 bits per heavy atom. The monoisotopic (exact) mass is 268 g/mol. The molecular weight excluding hydrogens is 248 g/mol. The molecule has 0 aliphatic carbocycles. The normalized spacial score (nSPS) is 14.8. The Hall–Kier alpha value is -1.07. The van der Waals surface area contributed by atoms with E-state index in [0.717, 1.165) is 26.1 Å². The highest BCUT2D eigenvalue weighted by Gasteiger charge is 2.17. The first-order valence-electron chi connectivity index (χ1n) is 6.27. The summed E-state index contributed by atoms with van der Waals surface area (Å²) in [6, 6.07) is 8.46. The van der Waals surface area contributed by atoms with Crippen LogP contribution in [0.2, 0.25) is 0 Å². The van der Waals surface area contributed by atoms with Gasteiger partial charge in [0.05, 0.1) is 5.75 Å². The summed E-state index contributed by atoms with van der Waals surface area (Å²) in [7, 11) is -2.85. The summed E-state index contributed by atoms with van der Waals surface area (Å²) in [6.07, 6.45) is 2.38. The quantitative estimate of drug-likeness (QED) is 0.771. The molecule has 100 valence electrons. The van der Waals surface area contributed by atoms with Crippen LogP contribution in [0.25, 0.3) is 0 Å². The summed E-state index contributed by atoms with van der Waals surface area (Å²) in [6.45, 7) is 3.35. The number of nitrogens with one attached hydrogen (secondary N) is 1. The Balaban J connectivity index is 1.73. The van der Waals surface area contributed by atoms with Crippen molar-refractivity contribution in [1.29, 1.82) is 0 Å². The smallest absolute Gasteiger partial charge is 0.148 e. The van der Waals surface area contributed by atoms with Gasteiger partial charge in [0.1, 0.15) is 9.84 Å². The van der Waals surface area contributed by atoms with Gasteiger partial charge in [0.15, 0.2) is 0 Å². The van der Waals surface area contributed by atoms with Crippen LogP contribution < -0.4 is 10.2 Å². The van der Waals surface area contributed by atoms with Gasteiger partial charge in [0.25, 0.3) is 0 Å². The SMILES string of the molecule is CS(=O)(=O)CCNCCN1CCc2ccccc21. The van der Waals surface area contributed by atoms with Gasteiger partial charge in [-0.15, -0.1) is 0 Å². The van der Waals surface area contributed by atoms with Crippen LogP contribution in [0, 0.1) is 0 Å². The molecule has 0 saturated heterocycles. The predicted molar refractivity (Wildman–Crippen MR) is 74.9 cm³/mol. The van der Waals surface area contributed by atoms with E-state index in [2.05, 4.69) is 34.5 Å². The average molecular weight is 268 g/mol. The molecule has 0 saturated carbocycles. The van der Waals surface area contributed by atoms with Crippen LogP contribution in [0.5, 0.6) is 0 Å². The number of hydrogen-bond acceptors (Lipinski definition) is 4. The van der Waals surface area contributed by atoms with Crippen LogP contribution in [-0.4, -0.2) is 46.6 Å². The fourth-order valence-electron chi connectivity index (χ4n) is 2.24. The Kier molecular flexibility index (Phi) is 4.24. The molecule has 18 heavy (non-hydrogen) atoms. The van der Waals surface area contributed by atoms with Gasteiger partial charge < -0.3 is 10.2 Å². The summed E-state index contributed by atoms with van der Waals surface area (Å²) in [5.74, 6) is 0.212. The highest BCUT2D eigenvalue weighted by Crippen LogP contribution is 2.26. The number of sulfone groups is 1. The molecule has 1 N–H and O–H groups in total. The molecule has 2 rings (SSSR count). The molecule has 0 aromatic heterocycles. The van der Waals surface area contributed by atoms with Gasteiger partial charge in [-0.25, -0.2) is 8.42 Å². The third-order valence-electron chi connectivity index (χ3n) is 3.19. The first-order chi connectivity index (χ1) is 8.56. The van der Waals surface area contributed by atoms with E-state index < -0.39 is 9.84 Å². The van der Waals surface area contributed by atoms with Crippen molar-refractivity contribution >= 4 is 15.5 Å². The van der Waals surface area contributed by atoms with Gasteiger partial charge in [-0.05, 0) is 18.1 Å². The molecule has 1 aliphatic rings. The van der Waals surface area contributed by atoms with Crippen molar-refractivity contribution in [2.75, 3.05) is 43.1 Å². The fourth-order valence-corrected chi connectivity index (χ4v) is 2.75. The van der Waals surface area contributed by atoms with Crippen molar-refractivity contribution in [3.8, 4) is 0 Å². The van der Waals surface area contributed by atoms with Crippen molar-refractivity contribution in [2.24, 2.45) is 0 Å². The maximum atomic E-state index is 11.0. The minimum Gasteiger partial charge on any atom is -0.370 e. The zero-order valence-corrected chi connectivity index (χ0v) is 11.5. The molecule has 1 aliphatic heterocycles. The molecule has 5 heteroatoms. The highest BCUT2D eigenvalue weighted by atomic mass is 32.2. The minimum absolute atomic E-state index is 0.212.